The standard InChI is InChI=1S/C23H26Cl2N4O3/c1-23(2,3)32-22(30)27-21(15-6-8-28-9-7-26-20(28)12-15)29-10-11-31-19(14-29)17-5-4-16(24)13-18(17)25/h4-9,12-13,19,21H,10-11,14H2,1-3H3,(H,27,30). The molecule has 0 bridgehead atoms. The molecule has 0 saturated carbocycles. The first-order valence-electron chi connectivity index (χ1n) is 10.4. The lowest BCUT2D eigenvalue weighted by molar-refractivity contribution is -0.0520. The van der Waals surface area contributed by atoms with E-state index in [-0.39, 0.29) is 6.10 Å². The smallest absolute Gasteiger partial charge is 0.409 e. The van der Waals surface area contributed by atoms with E-state index in [9.17, 15) is 4.79 Å². The van der Waals surface area contributed by atoms with Crippen LogP contribution in [-0.4, -0.2) is 45.7 Å². The maximum Gasteiger partial charge on any atom is 0.409 e. The van der Waals surface area contributed by atoms with Crippen molar-refractivity contribution in [2.45, 2.75) is 38.6 Å². The first-order chi connectivity index (χ1) is 15.2. The van der Waals surface area contributed by atoms with Gasteiger partial charge in [0.15, 0.2) is 0 Å². The lowest BCUT2D eigenvalue weighted by atomic mass is 10.1. The second kappa shape index (κ2) is 9.27. The number of rotatable bonds is 4. The number of benzene rings is 1. The van der Waals surface area contributed by atoms with E-state index in [1.807, 2.05) is 55.8 Å². The van der Waals surface area contributed by atoms with Gasteiger partial charge < -0.3 is 19.2 Å². The molecular weight excluding hydrogens is 451 g/mol. The third-order valence-corrected chi connectivity index (χ3v) is 5.73. The molecule has 0 aliphatic carbocycles. The van der Waals surface area contributed by atoms with E-state index in [4.69, 9.17) is 32.7 Å². The van der Waals surface area contributed by atoms with Gasteiger partial charge in [0.1, 0.15) is 17.4 Å². The van der Waals surface area contributed by atoms with Crippen LogP contribution in [-0.2, 0) is 9.47 Å². The number of morpholine rings is 1. The van der Waals surface area contributed by atoms with Gasteiger partial charge in [-0.25, -0.2) is 9.78 Å². The average molecular weight is 477 g/mol. The van der Waals surface area contributed by atoms with Crippen molar-refractivity contribution in [3.8, 4) is 0 Å². The zero-order chi connectivity index (χ0) is 22.9. The SMILES string of the molecule is CC(C)(C)OC(=O)NC(c1ccn2ccnc2c1)N1CCOC(c2ccc(Cl)cc2Cl)C1. The minimum atomic E-state index is -0.605. The molecule has 3 heterocycles. The van der Waals surface area contributed by atoms with Gasteiger partial charge in [0.2, 0.25) is 0 Å². The van der Waals surface area contributed by atoms with E-state index < -0.39 is 17.9 Å². The number of nitrogens with zero attached hydrogens (tertiary/aromatic N) is 3. The molecule has 4 rings (SSSR count). The molecule has 1 amide bonds. The normalized spacial score (nSPS) is 18.5. The maximum absolute atomic E-state index is 12.7. The van der Waals surface area contributed by atoms with Crippen molar-refractivity contribution in [2.75, 3.05) is 19.7 Å². The molecule has 0 spiro atoms. The van der Waals surface area contributed by atoms with Gasteiger partial charge in [0.05, 0.1) is 12.7 Å². The summed E-state index contributed by atoms with van der Waals surface area (Å²) in [7, 11) is 0. The Kier molecular flexibility index (Phi) is 6.62. The maximum atomic E-state index is 12.7. The van der Waals surface area contributed by atoms with Crippen LogP contribution in [0, 0.1) is 0 Å². The summed E-state index contributed by atoms with van der Waals surface area (Å²) in [5, 5.41) is 4.16. The molecule has 3 aromatic rings. The Balaban J connectivity index is 1.62. The van der Waals surface area contributed by atoms with Crippen LogP contribution in [0.2, 0.25) is 10.0 Å². The molecule has 2 atom stereocenters. The number of nitrogens with one attached hydrogen (secondary N) is 1. The van der Waals surface area contributed by atoms with E-state index in [1.165, 1.54) is 0 Å². The number of halogens is 2. The number of alkyl carbamates (subject to hydrolysis) is 1. The number of aromatic nitrogens is 2. The fourth-order valence-corrected chi connectivity index (χ4v) is 4.29. The molecule has 2 unspecified atom stereocenters. The lowest BCUT2D eigenvalue weighted by Crippen LogP contribution is -2.48. The van der Waals surface area contributed by atoms with E-state index >= 15 is 0 Å². The Morgan fingerprint density at radius 1 is 1.25 bits per heavy atom. The number of hydrogen-bond acceptors (Lipinski definition) is 5. The van der Waals surface area contributed by atoms with Gasteiger partial charge in [-0.15, -0.1) is 0 Å². The van der Waals surface area contributed by atoms with Crippen molar-refractivity contribution in [3.05, 3.63) is 70.1 Å². The van der Waals surface area contributed by atoms with Crippen LogP contribution in [0.3, 0.4) is 0 Å². The number of amides is 1. The summed E-state index contributed by atoms with van der Waals surface area (Å²) in [6.45, 7) is 7.16. The molecule has 1 fully saturated rings. The average Bonchev–Trinajstić information content (AvgIpc) is 3.18. The predicted octanol–water partition coefficient (Wildman–Crippen LogP) is 5.24. The number of hydrogen-bond donors (Lipinski definition) is 1. The highest BCUT2D eigenvalue weighted by molar-refractivity contribution is 6.35. The molecule has 9 heteroatoms. The molecule has 0 radical (unpaired) electrons. The van der Waals surface area contributed by atoms with Crippen LogP contribution in [0.25, 0.3) is 5.65 Å². The lowest BCUT2D eigenvalue weighted by Gasteiger charge is -2.39. The van der Waals surface area contributed by atoms with E-state index in [0.717, 1.165) is 16.8 Å². The molecule has 32 heavy (non-hydrogen) atoms. The number of ether oxygens (including phenoxy) is 2. The van der Waals surface area contributed by atoms with Gasteiger partial charge in [-0.05, 0) is 50.6 Å². The summed E-state index contributed by atoms with van der Waals surface area (Å²) < 4.78 is 13.5. The quantitative estimate of drug-likeness (QED) is 0.557. The van der Waals surface area contributed by atoms with Crippen LogP contribution in [0.5, 0.6) is 0 Å². The van der Waals surface area contributed by atoms with E-state index in [0.29, 0.717) is 29.7 Å². The fourth-order valence-electron chi connectivity index (χ4n) is 3.76. The Labute approximate surface area is 197 Å². The molecule has 1 N–H and O–H groups in total. The number of carbonyl (C=O) groups excluding carboxylic acids is 1. The molecular formula is C23H26Cl2N4O3. The van der Waals surface area contributed by atoms with Crippen LogP contribution < -0.4 is 5.32 Å². The van der Waals surface area contributed by atoms with Gasteiger partial charge in [-0.2, -0.15) is 0 Å². The zero-order valence-electron chi connectivity index (χ0n) is 18.2. The predicted molar refractivity (Wildman–Crippen MR) is 124 cm³/mol. The van der Waals surface area contributed by atoms with Crippen molar-refractivity contribution in [1.82, 2.24) is 19.6 Å². The molecule has 1 aromatic carbocycles. The molecule has 1 aliphatic rings. The van der Waals surface area contributed by atoms with Gasteiger partial charge in [0.25, 0.3) is 0 Å². The Bertz CT molecular complexity index is 1110. The van der Waals surface area contributed by atoms with Crippen LogP contribution >= 0.6 is 23.2 Å². The van der Waals surface area contributed by atoms with E-state index in [1.54, 1.807) is 18.3 Å². The number of carbonyl (C=O) groups is 1. The van der Waals surface area contributed by atoms with Crippen LogP contribution in [0.1, 0.15) is 44.2 Å². The van der Waals surface area contributed by atoms with Gasteiger partial charge >= 0.3 is 6.09 Å². The highest BCUT2D eigenvalue weighted by atomic mass is 35.5. The van der Waals surface area contributed by atoms with Gasteiger partial charge in [-0.1, -0.05) is 29.3 Å². The summed E-state index contributed by atoms with van der Waals surface area (Å²) in [6, 6.07) is 9.32. The number of fused-ring (bicyclic) bond motifs is 1. The van der Waals surface area contributed by atoms with Crippen molar-refractivity contribution in [1.29, 1.82) is 0 Å². The first kappa shape index (κ1) is 22.9. The van der Waals surface area contributed by atoms with Crippen molar-refractivity contribution in [2.24, 2.45) is 0 Å². The molecule has 170 valence electrons. The third kappa shape index (κ3) is 5.35. The van der Waals surface area contributed by atoms with Crippen LogP contribution in [0.15, 0.2) is 48.9 Å². The summed E-state index contributed by atoms with van der Waals surface area (Å²) in [4.78, 5) is 19.2. The molecule has 7 nitrogen and oxygen atoms in total. The van der Waals surface area contributed by atoms with Crippen molar-refractivity contribution >= 4 is 34.9 Å². The minimum absolute atomic E-state index is 0.258. The molecule has 1 aliphatic heterocycles. The fraction of sp³-hybridized carbons (Fsp3) is 0.391. The summed E-state index contributed by atoms with van der Waals surface area (Å²) in [6.07, 6.45) is 4.37. The number of imidazole rings is 1. The monoisotopic (exact) mass is 476 g/mol. The van der Waals surface area contributed by atoms with Crippen molar-refractivity contribution in [3.63, 3.8) is 0 Å². The highest BCUT2D eigenvalue weighted by Gasteiger charge is 2.31. The minimum Gasteiger partial charge on any atom is -0.444 e. The highest BCUT2D eigenvalue weighted by Crippen LogP contribution is 2.33. The first-order valence-corrected chi connectivity index (χ1v) is 11.2. The Morgan fingerprint density at radius 2 is 2.06 bits per heavy atom. The van der Waals surface area contributed by atoms with Crippen molar-refractivity contribution < 1.29 is 14.3 Å². The molecule has 1 saturated heterocycles. The second-order valence-corrected chi connectivity index (χ2v) is 9.57. The Morgan fingerprint density at radius 3 is 2.81 bits per heavy atom. The van der Waals surface area contributed by atoms with Crippen LogP contribution in [0.4, 0.5) is 4.79 Å². The third-order valence-electron chi connectivity index (χ3n) is 5.16. The van der Waals surface area contributed by atoms with Gasteiger partial charge in [-0.3, -0.25) is 4.90 Å². The largest absolute Gasteiger partial charge is 0.444 e. The topological polar surface area (TPSA) is 68.1 Å². The number of pyridine rings is 1. The van der Waals surface area contributed by atoms with E-state index in [2.05, 4.69) is 15.2 Å². The molecule has 2 aromatic heterocycles. The summed E-state index contributed by atoms with van der Waals surface area (Å²) >= 11 is 12.5. The van der Waals surface area contributed by atoms with Gasteiger partial charge in [0, 0.05) is 47.3 Å². The summed E-state index contributed by atoms with van der Waals surface area (Å²) in [5.41, 5.74) is 1.95. The Hall–Kier alpha value is -2.32. The zero-order valence-corrected chi connectivity index (χ0v) is 19.7. The second-order valence-electron chi connectivity index (χ2n) is 8.72. The summed E-state index contributed by atoms with van der Waals surface area (Å²) in [5.74, 6) is 0.